The second-order valence-electron chi connectivity index (χ2n) is 3.09. The molecule has 0 spiro atoms. The van der Waals surface area contributed by atoms with Crippen molar-refractivity contribution in [2.75, 3.05) is 12.4 Å². The molecule has 0 fully saturated rings. The van der Waals surface area contributed by atoms with Gasteiger partial charge in [-0.1, -0.05) is 42.4 Å². The number of aliphatic hydroxyl groups excluding tert-OH is 1. The summed E-state index contributed by atoms with van der Waals surface area (Å²) in [5.41, 5.74) is 0. The van der Waals surface area contributed by atoms with Crippen LogP contribution in [0.5, 0.6) is 0 Å². The van der Waals surface area contributed by atoms with Crippen LogP contribution in [-0.4, -0.2) is 22.2 Å². The normalized spacial score (nSPS) is 12.0. The van der Waals surface area contributed by atoms with Crippen molar-refractivity contribution < 1.29 is 5.11 Å². The molecule has 0 aromatic carbocycles. The van der Waals surface area contributed by atoms with Gasteiger partial charge in [-0.15, -0.1) is 0 Å². The monoisotopic (exact) mass is 180 g/mol. The van der Waals surface area contributed by atoms with E-state index in [-0.39, 0.29) is 0 Å². The van der Waals surface area contributed by atoms with Crippen molar-refractivity contribution >= 4 is 21.6 Å². The molecule has 1 nitrogen and oxygen atoms in total. The van der Waals surface area contributed by atoms with Gasteiger partial charge >= 0.3 is 0 Å². The minimum atomic E-state index is 0.317. The summed E-state index contributed by atoms with van der Waals surface area (Å²) in [5, 5.41) is 8.47. The van der Waals surface area contributed by atoms with Crippen molar-refractivity contribution in [3.8, 4) is 0 Å². The molecule has 0 rings (SSSR count). The molecule has 0 saturated heterocycles. The molecule has 1 N–H and O–H groups in total. The number of rotatable bonds is 4. The highest BCUT2D eigenvalue weighted by molar-refractivity contribution is 8.77. The van der Waals surface area contributed by atoms with Crippen LogP contribution < -0.4 is 0 Å². The Morgan fingerprint density at radius 1 is 1.30 bits per heavy atom. The fourth-order valence-corrected chi connectivity index (χ4v) is 2.69. The predicted octanol–water partition coefficient (Wildman–Crippen LogP) is 2.55. The molecule has 0 aromatic heterocycles. The molecule has 62 valence electrons. The second-order valence-corrected chi connectivity index (χ2v) is 6.34. The van der Waals surface area contributed by atoms with Crippen molar-refractivity contribution in [2.24, 2.45) is 0 Å². The molecule has 0 aliphatic rings. The van der Waals surface area contributed by atoms with Crippen LogP contribution in [0.3, 0.4) is 0 Å². The molecule has 3 heteroatoms. The van der Waals surface area contributed by atoms with E-state index in [4.69, 9.17) is 5.11 Å². The first-order valence-corrected chi connectivity index (χ1v) is 5.79. The van der Waals surface area contributed by atoms with E-state index >= 15 is 0 Å². The lowest BCUT2D eigenvalue weighted by molar-refractivity contribution is 0.296. The minimum Gasteiger partial charge on any atom is -0.396 e. The molecule has 0 amide bonds. The predicted molar refractivity (Wildman–Crippen MR) is 51.5 cm³/mol. The molecule has 10 heavy (non-hydrogen) atoms. The fraction of sp³-hybridized carbons (Fsp3) is 1.00. The zero-order valence-corrected chi connectivity index (χ0v) is 8.52. The Morgan fingerprint density at radius 3 is 2.30 bits per heavy atom. The largest absolute Gasteiger partial charge is 0.396 e. The van der Waals surface area contributed by atoms with Gasteiger partial charge in [-0.25, -0.2) is 0 Å². The molecular weight excluding hydrogens is 164 g/mol. The average Bonchev–Trinajstić information content (AvgIpc) is 1.78. The molecule has 0 radical (unpaired) electrons. The SMILES string of the molecule is CC(C)(C)SSCCCO. The highest BCUT2D eigenvalue weighted by atomic mass is 33.1. The smallest absolute Gasteiger partial charge is 0.0439 e. The summed E-state index contributed by atoms with van der Waals surface area (Å²) in [7, 11) is 3.72. The van der Waals surface area contributed by atoms with Crippen molar-refractivity contribution in [2.45, 2.75) is 31.9 Å². The van der Waals surface area contributed by atoms with Gasteiger partial charge in [-0.3, -0.25) is 0 Å². The van der Waals surface area contributed by atoms with E-state index in [1.165, 1.54) is 0 Å². The topological polar surface area (TPSA) is 20.2 Å². The van der Waals surface area contributed by atoms with Crippen LogP contribution in [0, 0.1) is 0 Å². The van der Waals surface area contributed by atoms with Crippen LogP contribution in [0.15, 0.2) is 0 Å². The molecular formula is C7H16OS2. The third kappa shape index (κ3) is 8.66. The van der Waals surface area contributed by atoms with Crippen LogP contribution >= 0.6 is 21.6 Å². The van der Waals surface area contributed by atoms with Gasteiger partial charge in [-0.2, -0.15) is 0 Å². The van der Waals surface area contributed by atoms with E-state index < -0.39 is 0 Å². The summed E-state index contributed by atoms with van der Waals surface area (Å²) in [5.74, 6) is 1.05. The van der Waals surface area contributed by atoms with E-state index in [2.05, 4.69) is 20.8 Å². The first kappa shape index (κ1) is 10.7. The Hall–Kier alpha value is 0.660. The van der Waals surface area contributed by atoms with Gasteiger partial charge < -0.3 is 5.11 Å². The third-order valence-corrected chi connectivity index (χ3v) is 4.12. The number of aliphatic hydroxyl groups is 1. The van der Waals surface area contributed by atoms with Gasteiger partial charge in [0.15, 0.2) is 0 Å². The summed E-state index contributed by atoms with van der Waals surface area (Å²) in [6.07, 6.45) is 0.910. The van der Waals surface area contributed by atoms with Gasteiger partial charge in [-0.05, 0) is 6.42 Å². The number of hydrogen-bond acceptors (Lipinski definition) is 3. The summed E-state index contributed by atoms with van der Waals surface area (Å²) >= 11 is 0. The second kappa shape index (κ2) is 5.33. The Kier molecular flexibility index (Phi) is 5.68. The summed E-state index contributed by atoms with van der Waals surface area (Å²) in [6.45, 7) is 6.91. The van der Waals surface area contributed by atoms with Crippen LogP contribution in [0.4, 0.5) is 0 Å². The Bertz CT molecular complexity index is 78.2. The van der Waals surface area contributed by atoms with Gasteiger partial charge in [0.2, 0.25) is 0 Å². The maximum absolute atomic E-state index is 8.47. The molecule has 0 aliphatic heterocycles. The van der Waals surface area contributed by atoms with Crippen LogP contribution in [0.1, 0.15) is 27.2 Å². The highest BCUT2D eigenvalue weighted by Gasteiger charge is 2.09. The van der Waals surface area contributed by atoms with Crippen LogP contribution in [0.25, 0.3) is 0 Å². The Labute approximate surface area is 71.4 Å². The van der Waals surface area contributed by atoms with Crippen LogP contribution in [0.2, 0.25) is 0 Å². The molecule has 0 bridgehead atoms. The van der Waals surface area contributed by atoms with Crippen molar-refractivity contribution in [1.82, 2.24) is 0 Å². The molecule has 0 heterocycles. The van der Waals surface area contributed by atoms with E-state index in [0.29, 0.717) is 11.4 Å². The van der Waals surface area contributed by atoms with E-state index in [0.717, 1.165) is 12.2 Å². The maximum atomic E-state index is 8.47. The van der Waals surface area contributed by atoms with Gasteiger partial charge in [0.1, 0.15) is 0 Å². The Morgan fingerprint density at radius 2 is 1.90 bits per heavy atom. The van der Waals surface area contributed by atoms with Crippen molar-refractivity contribution in [3.63, 3.8) is 0 Å². The quantitative estimate of drug-likeness (QED) is 0.530. The lowest BCUT2D eigenvalue weighted by Gasteiger charge is -2.15. The summed E-state index contributed by atoms with van der Waals surface area (Å²) in [4.78, 5) is 0. The van der Waals surface area contributed by atoms with Crippen LogP contribution in [-0.2, 0) is 0 Å². The van der Waals surface area contributed by atoms with E-state index in [9.17, 15) is 0 Å². The minimum absolute atomic E-state index is 0.317. The van der Waals surface area contributed by atoms with Gasteiger partial charge in [0.25, 0.3) is 0 Å². The zero-order chi connectivity index (χ0) is 8.04. The van der Waals surface area contributed by atoms with E-state index in [1.54, 1.807) is 0 Å². The lowest BCUT2D eigenvalue weighted by atomic mass is 10.3. The van der Waals surface area contributed by atoms with Crippen molar-refractivity contribution in [1.29, 1.82) is 0 Å². The fourth-order valence-electron chi connectivity index (χ4n) is 0.342. The first-order valence-electron chi connectivity index (χ1n) is 3.48. The van der Waals surface area contributed by atoms with Crippen molar-refractivity contribution in [3.05, 3.63) is 0 Å². The zero-order valence-electron chi connectivity index (χ0n) is 6.89. The van der Waals surface area contributed by atoms with Gasteiger partial charge in [0.05, 0.1) is 0 Å². The third-order valence-electron chi connectivity index (χ3n) is 0.695. The average molecular weight is 180 g/mol. The summed E-state index contributed by atoms with van der Waals surface area (Å²) < 4.78 is 0.347. The lowest BCUT2D eigenvalue weighted by Crippen LogP contribution is -2.04. The Balaban J connectivity index is 3.04. The molecule has 0 unspecified atom stereocenters. The standard InChI is InChI=1S/C7H16OS2/c1-7(2,3)10-9-6-4-5-8/h8H,4-6H2,1-3H3. The molecule has 0 saturated carbocycles. The molecule has 0 atom stereocenters. The first-order chi connectivity index (χ1) is 4.56. The molecule has 0 aliphatic carbocycles. The summed E-state index contributed by atoms with van der Waals surface area (Å²) in [6, 6.07) is 0. The van der Waals surface area contributed by atoms with E-state index in [1.807, 2.05) is 21.6 Å². The number of hydrogen-bond donors (Lipinski definition) is 1. The maximum Gasteiger partial charge on any atom is 0.0439 e. The van der Waals surface area contributed by atoms with Gasteiger partial charge in [0, 0.05) is 17.1 Å². The highest BCUT2D eigenvalue weighted by Crippen LogP contribution is 2.34. The molecule has 0 aromatic rings.